The summed E-state index contributed by atoms with van der Waals surface area (Å²) in [5, 5.41) is 0. The lowest BCUT2D eigenvalue weighted by Gasteiger charge is -2.25. The Bertz CT molecular complexity index is 260. The number of hydrogen-bond acceptors (Lipinski definition) is 3. The van der Waals surface area contributed by atoms with E-state index in [1.165, 1.54) is 20.8 Å². The molecule has 0 bridgehead atoms. The lowest BCUT2D eigenvalue weighted by molar-refractivity contribution is -0.311. The molecule has 0 N–H and O–H groups in total. The molecule has 0 aromatic rings. The third kappa shape index (κ3) is 6.22. The summed E-state index contributed by atoms with van der Waals surface area (Å²) in [6.45, 7) is 3.80. The highest BCUT2D eigenvalue weighted by molar-refractivity contribution is 5.60. The Morgan fingerprint density at radius 2 is 1.29 bits per heavy atom. The van der Waals surface area contributed by atoms with Crippen molar-refractivity contribution in [3.05, 3.63) is 0 Å². The van der Waals surface area contributed by atoms with Crippen molar-refractivity contribution in [1.29, 1.82) is 0 Å². The molecule has 0 radical (unpaired) electrons. The van der Waals surface area contributed by atoms with E-state index in [0.717, 1.165) is 0 Å². The van der Waals surface area contributed by atoms with E-state index in [9.17, 15) is 31.1 Å². The second kappa shape index (κ2) is 4.61. The first kappa shape index (κ1) is 15.9. The van der Waals surface area contributed by atoms with Gasteiger partial charge in [-0.2, -0.15) is 26.3 Å². The van der Waals surface area contributed by atoms with Crippen LogP contribution in [0.4, 0.5) is 31.1 Å². The molecule has 0 rings (SSSR count). The van der Waals surface area contributed by atoms with Crippen molar-refractivity contribution >= 4 is 6.16 Å². The highest BCUT2D eigenvalue weighted by Crippen LogP contribution is 2.36. The van der Waals surface area contributed by atoms with E-state index in [1.54, 1.807) is 0 Å². The standard InChI is InChI=1S/C8H10F6O3/c1-6(2,3)17-5(15)16-4(7(9,10)11)8(12,13)14/h4H,1-3H3. The average Bonchev–Trinajstić information content (AvgIpc) is 1.91. The van der Waals surface area contributed by atoms with Crippen LogP contribution < -0.4 is 0 Å². The van der Waals surface area contributed by atoms with Crippen molar-refractivity contribution in [2.24, 2.45) is 0 Å². The van der Waals surface area contributed by atoms with E-state index >= 15 is 0 Å². The van der Waals surface area contributed by atoms with Gasteiger partial charge in [0.25, 0.3) is 6.10 Å². The van der Waals surface area contributed by atoms with Crippen LogP contribution >= 0.6 is 0 Å². The molecule has 3 nitrogen and oxygen atoms in total. The number of rotatable bonds is 1. The van der Waals surface area contributed by atoms with Crippen LogP contribution in [0.1, 0.15) is 20.8 Å². The molecule has 0 aliphatic rings. The molecule has 9 heteroatoms. The lowest BCUT2D eigenvalue weighted by Crippen LogP contribution is -2.46. The minimum absolute atomic E-state index is 1.25. The Balaban J connectivity index is 4.75. The van der Waals surface area contributed by atoms with Gasteiger partial charge < -0.3 is 9.47 Å². The smallest absolute Gasteiger partial charge is 0.429 e. The number of alkyl halides is 6. The first-order chi connectivity index (χ1) is 7.23. The fourth-order valence-electron chi connectivity index (χ4n) is 0.689. The minimum Gasteiger partial charge on any atom is -0.429 e. The maximum atomic E-state index is 12.0. The third-order valence-corrected chi connectivity index (χ3v) is 1.20. The minimum atomic E-state index is -5.74. The summed E-state index contributed by atoms with van der Waals surface area (Å²) >= 11 is 0. The normalized spacial score (nSPS) is 13.8. The predicted molar refractivity (Wildman–Crippen MR) is 43.2 cm³/mol. The molecular formula is C8H10F6O3. The molecular weight excluding hydrogens is 258 g/mol. The third-order valence-electron chi connectivity index (χ3n) is 1.20. The maximum Gasteiger partial charge on any atom is 0.509 e. The van der Waals surface area contributed by atoms with Crippen LogP contribution in [0.3, 0.4) is 0 Å². The van der Waals surface area contributed by atoms with Crippen LogP contribution in [0.5, 0.6) is 0 Å². The van der Waals surface area contributed by atoms with E-state index in [4.69, 9.17) is 0 Å². The highest BCUT2D eigenvalue weighted by Gasteiger charge is 2.60. The molecule has 0 atom stereocenters. The van der Waals surface area contributed by atoms with Gasteiger partial charge in [-0.15, -0.1) is 0 Å². The topological polar surface area (TPSA) is 35.5 Å². The fraction of sp³-hybridized carbons (Fsp3) is 0.875. The zero-order valence-electron chi connectivity index (χ0n) is 9.07. The van der Waals surface area contributed by atoms with E-state index < -0.39 is 30.2 Å². The molecule has 0 saturated carbocycles. The van der Waals surface area contributed by atoms with Gasteiger partial charge in [0, 0.05) is 0 Å². The number of carbonyl (C=O) groups is 1. The second-order valence-corrected chi connectivity index (χ2v) is 4.05. The van der Waals surface area contributed by atoms with Crippen LogP contribution in [-0.4, -0.2) is 30.2 Å². The van der Waals surface area contributed by atoms with Crippen molar-refractivity contribution in [2.45, 2.75) is 44.8 Å². The zero-order chi connectivity index (χ0) is 14.1. The molecule has 0 aromatic heterocycles. The van der Waals surface area contributed by atoms with Crippen LogP contribution in [0.2, 0.25) is 0 Å². The summed E-state index contributed by atoms with van der Waals surface area (Å²) in [6, 6.07) is 0. The Morgan fingerprint density at radius 1 is 0.941 bits per heavy atom. The summed E-state index contributed by atoms with van der Waals surface area (Å²) in [5.41, 5.74) is -1.25. The van der Waals surface area contributed by atoms with E-state index in [2.05, 4.69) is 9.47 Å². The largest absolute Gasteiger partial charge is 0.509 e. The van der Waals surface area contributed by atoms with Gasteiger partial charge in [0.2, 0.25) is 0 Å². The SMILES string of the molecule is CC(C)(C)OC(=O)OC(C(F)(F)F)C(F)(F)F. The summed E-state index contributed by atoms with van der Waals surface area (Å²) in [7, 11) is 0. The summed E-state index contributed by atoms with van der Waals surface area (Å²) in [4.78, 5) is 10.7. The lowest BCUT2D eigenvalue weighted by atomic mass is 10.2. The molecule has 0 amide bonds. The Kier molecular flexibility index (Phi) is 4.30. The van der Waals surface area contributed by atoms with Crippen LogP contribution in [0.25, 0.3) is 0 Å². The van der Waals surface area contributed by atoms with Crippen LogP contribution in [0, 0.1) is 0 Å². The molecule has 0 aliphatic heterocycles. The number of hydrogen-bond donors (Lipinski definition) is 0. The summed E-state index contributed by atoms with van der Waals surface area (Å²) in [6.07, 6.45) is -17.7. The van der Waals surface area contributed by atoms with Gasteiger partial charge in [-0.3, -0.25) is 0 Å². The van der Waals surface area contributed by atoms with Gasteiger partial charge in [-0.25, -0.2) is 4.79 Å². The molecule has 0 aliphatic carbocycles. The molecule has 0 aromatic carbocycles. The van der Waals surface area contributed by atoms with E-state index in [0.29, 0.717) is 0 Å². The summed E-state index contributed by atoms with van der Waals surface area (Å²) in [5.74, 6) is 0. The number of ether oxygens (including phenoxy) is 2. The first-order valence-corrected chi connectivity index (χ1v) is 4.26. The van der Waals surface area contributed by atoms with Gasteiger partial charge >= 0.3 is 18.5 Å². The number of carbonyl (C=O) groups excluding carboxylic acids is 1. The quantitative estimate of drug-likeness (QED) is 0.540. The molecule has 0 fully saturated rings. The van der Waals surface area contributed by atoms with Gasteiger partial charge in [0.05, 0.1) is 0 Å². The Labute approximate surface area is 92.7 Å². The first-order valence-electron chi connectivity index (χ1n) is 4.26. The maximum absolute atomic E-state index is 12.0. The number of halogens is 6. The zero-order valence-corrected chi connectivity index (χ0v) is 9.07. The molecule has 17 heavy (non-hydrogen) atoms. The second-order valence-electron chi connectivity index (χ2n) is 4.05. The van der Waals surface area contributed by atoms with Crippen molar-refractivity contribution in [3.8, 4) is 0 Å². The van der Waals surface area contributed by atoms with Gasteiger partial charge in [-0.05, 0) is 20.8 Å². The summed E-state index contributed by atoms with van der Waals surface area (Å²) < 4.78 is 79.2. The van der Waals surface area contributed by atoms with Gasteiger partial charge in [-0.1, -0.05) is 0 Å². The van der Waals surface area contributed by atoms with E-state index in [1.807, 2.05) is 0 Å². The predicted octanol–water partition coefficient (Wildman–Crippen LogP) is 3.43. The van der Waals surface area contributed by atoms with Crippen LogP contribution in [0.15, 0.2) is 0 Å². The molecule has 0 spiro atoms. The van der Waals surface area contributed by atoms with Crippen molar-refractivity contribution < 1.29 is 40.6 Å². The van der Waals surface area contributed by atoms with Crippen molar-refractivity contribution in [3.63, 3.8) is 0 Å². The fourth-order valence-corrected chi connectivity index (χ4v) is 0.689. The molecule has 0 saturated heterocycles. The average molecular weight is 268 g/mol. The van der Waals surface area contributed by atoms with E-state index in [-0.39, 0.29) is 0 Å². The Morgan fingerprint density at radius 3 is 1.53 bits per heavy atom. The Hall–Kier alpha value is -1.15. The molecule has 0 unspecified atom stereocenters. The van der Waals surface area contributed by atoms with Crippen molar-refractivity contribution in [1.82, 2.24) is 0 Å². The van der Waals surface area contributed by atoms with Crippen LogP contribution in [-0.2, 0) is 9.47 Å². The molecule has 0 heterocycles. The monoisotopic (exact) mass is 268 g/mol. The molecule has 102 valence electrons. The van der Waals surface area contributed by atoms with Gasteiger partial charge in [0.15, 0.2) is 0 Å². The van der Waals surface area contributed by atoms with Gasteiger partial charge in [0.1, 0.15) is 5.60 Å². The van der Waals surface area contributed by atoms with Crippen molar-refractivity contribution in [2.75, 3.05) is 0 Å². The highest BCUT2D eigenvalue weighted by atomic mass is 19.4.